The van der Waals surface area contributed by atoms with Gasteiger partial charge in [0.2, 0.25) is 0 Å². The minimum absolute atomic E-state index is 0.403. The lowest BCUT2D eigenvalue weighted by atomic mass is 10.2. The molecule has 0 unspecified atom stereocenters. The summed E-state index contributed by atoms with van der Waals surface area (Å²) in [7, 11) is 0. The maximum atomic E-state index is 5.81. The van der Waals surface area contributed by atoms with Crippen LogP contribution in [0.1, 0.15) is 5.56 Å². The molecule has 0 amide bonds. The number of aryl methyl sites for hydroxylation is 1. The summed E-state index contributed by atoms with van der Waals surface area (Å²) in [4.78, 5) is 5.81. The van der Waals surface area contributed by atoms with E-state index < -0.39 is 0 Å². The van der Waals surface area contributed by atoms with Crippen LogP contribution in [0.15, 0.2) is 48.5 Å². The van der Waals surface area contributed by atoms with Crippen molar-refractivity contribution in [3.63, 3.8) is 0 Å². The maximum Gasteiger partial charge on any atom is 0.197 e. The molecule has 1 heterocycles. The van der Waals surface area contributed by atoms with Crippen LogP contribution in [0.25, 0.3) is 0 Å². The fourth-order valence-electron chi connectivity index (χ4n) is 1.80. The van der Waals surface area contributed by atoms with Crippen molar-refractivity contribution in [1.29, 1.82) is 0 Å². The molecule has 0 fully saturated rings. The zero-order valence-corrected chi connectivity index (χ0v) is 9.59. The van der Waals surface area contributed by atoms with E-state index >= 15 is 0 Å². The highest BCUT2D eigenvalue weighted by Crippen LogP contribution is 2.33. The number of benzene rings is 2. The van der Waals surface area contributed by atoms with E-state index in [-0.39, 0.29) is 0 Å². The summed E-state index contributed by atoms with van der Waals surface area (Å²) in [6.07, 6.45) is 0. The Kier molecular flexibility index (Phi) is 2.37. The summed E-state index contributed by atoms with van der Waals surface area (Å²) < 4.78 is 5.65. The van der Waals surface area contributed by atoms with Crippen LogP contribution in [-0.4, -0.2) is 6.73 Å². The third-order valence-corrected chi connectivity index (χ3v) is 2.69. The lowest BCUT2D eigenvalue weighted by molar-refractivity contribution is 0.140. The van der Waals surface area contributed by atoms with Crippen molar-refractivity contribution in [2.75, 3.05) is 11.8 Å². The summed E-state index contributed by atoms with van der Waals surface area (Å²) in [6, 6.07) is 15.8. The summed E-state index contributed by atoms with van der Waals surface area (Å²) in [5.41, 5.74) is 2.14. The van der Waals surface area contributed by atoms with Gasteiger partial charge in [0, 0.05) is 0 Å². The summed E-state index contributed by atoms with van der Waals surface area (Å²) >= 11 is 0. The fraction of sp³-hybridized carbons (Fsp3) is 0.143. The van der Waals surface area contributed by atoms with Crippen LogP contribution < -0.4 is 14.6 Å². The highest BCUT2D eigenvalue weighted by atomic mass is 16.7. The molecule has 2 aromatic rings. The first-order valence-corrected chi connectivity index (χ1v) is 5.57. The molecule has 0 N–H and O–H groups in total. The van der Waals surface area contributed by atoms with Gasteiger partial charge in [0.1, 0.15) is 0 Å². The van der Waals surface area contributed by atoms with Crippen molar-refractivity contribution >= 4 is 5.69 Å². The molecule has 0 radical (unpaired) electrons. The minimum atomic E-state index is 0.403. The monoisotopic (exact) mass is 227 g/mol. The molecule has 17 heavy (non-hydrogen) atoms. The number of fused-ring (bicyclic) bond motifs is 1. The Labute approximate surface area is 100 Å². The van der Waals surface area contributed by atoms with Crippen LogP contribution in [0.4, 0.5) is 5.69 Å². The maximum absolute atomic E-state index is 5.81. The molecule has 2 aromatic carbocycles. The first kappa shape index (κ1) is 10.0. The Morgan fingerprint density at radius 2 is 1.82 bits per heavy atom. The molecule has 0 bridgehead atoms. The largest absolute Gasteiger partial charge is 0.466 e. The van der Waals surface area contributed by atoms with Crippen LogP contribution >= 0.6 is 0 Å². The molecule has 1 aliphatic rings. The third kappa shape index (κ3) is 1.91. The van der Waals surface area contributed by atoms with Gasteiger partial charge in [-0.15, -0.1) is 0 Å². The van der Waals surface area contributed by atoms with Gasteiger partial charge in [-0.05, 0) is 36.8 Å². The quantitative estimate of drug-likeness (QED) is 0.747. The minimum Gasteiger partial charge on any atom is -0.466 e. The van der Waals surface area contributed by atoms with Gasteiger partial charge >= 0.3 is 0 Å². The van der Waals surface area contributed by atoms with Gasteiger partial charge in [0.25, 0.3) is 0 Å². The fourth-order valence-corrected chi connectivity index (χ4v) is 1.80. The number of hydroxylamine groups is 1. The van der Waals surface area contributed by atoms with Gasteiger partial charge in [-0.1, -0.05) is 24.3 Å². The zero-order valence-electron chi connectivity index (χ0n) is 9.59. The van der Waals surface area contributed by atoms with Crippen LogP contribution in [-0.2, 0) is 0 Å². The average Bonchev–Trinajstić information content (AvgIpc) is 2.39. The molecule has 0 saturated heterocycles. The van der Waals surface area contributed by atoms with Crippen molar-refractivity contribution in [3.05, 3.63) is 54.1 Å². The molecule has 0 saturated carbocycles. The molecule has 1 aliphatic heterocycles. The number of hydrogen-bond acceptors (Lipinski definition) is 3. The predicted octanol–water partition coefficient (Wildman–Crippen LogP) is 3.15. The van der Waals surface area contributed by atoms with Gasteiger partial charge < -0.3 is 9.57 Å². The van der Waals surface area contributed by atoms with E-state index in [2.05, 4.69) is 0 Å². The lowest BCUT2D eigenvalue weighted by Crippen LogP contribution is -2.35. The average molecular weight is 227 g/mol. The molecule has 0 spiro atoms. The third-order valence-electron chi connectivity index (χ3n) is 2.69. The second-order valence-corrected chi connectivity index (χ2v) is 4.03. The highest BCUT2D eigenvalue weighted by molar-refractivity contribution is 5.49. The predicted molar refractivity (Wildman–Crippen MR) is 66.2 cm³/mol. The number of para-hydroxylation sites is 1. The smallest absolute Gasteiger partial charge is 0.197 e. The molecule has 3 heteroatoms. The van der Waals surface area contributed by atoms with E-state index in [4.69, 9.17) is 9.57 Å². The zero-order chi connectivity index (χ0) is 11.7. The number of ether oxygens (including phenoxy) is 1. The van der Waals surface area contributed by atoms with Gasteiger partial charge in [-0.25, -0.2) is 0 Å². The van der Waals surface area contributed by atoms with Gasteiger partial charge in [-0.3, -0.25) is 0 Å². The molecular formula is C14H13NO2. The van der Waals surface area contributed by atoms with E-state index in [9.17, 15) is 0 Å². The van der Waals surface area contributed by atoms with Crippen molar-refractivity contribution in [1.82, 2.24) is 0 Å². The van der Waals surface area contributed by atoms with Crippen LogP contribution in [0.2, 0.25) is 0 Å². The van der Waals surface area contributed by atoms with E-state index in [0.717, 1.165) is 22.7 Å². The molecule has 86 valence electrons. The first-order valence-electron chi connectivity index (χ1n) is 5.57. The molecule has 0 aromatic heterocycles. The van der Waals surface area contributed by atoms with Crippen LogP contribution in [0, 0.1) is 6.92 Å². The highest BCUT2D eigenvalue weighted by Gasteiger charge is 2.19. The number of anilines is 1. The normalized spacial score (nSPS) is 13.6. The molecule has 3 rings (SSSR count). The molecule has 0 aliphatic carbocycles. The topological polar surface area (TPSA) is 21.7 Å². The second kappa shape index (κ2) is 4.01. The van der Waals surface area contributed by atoms with Crippen molar-refractivity contribution in [2.45, 2.75) is 6.92 Å². The van der Waals surface area contributed by atoms with Crippen LogP contribution in [0.5, 0.6) is 11.5 Å². The van der Waals surface area contributed by atoms with Gasteiger partial charge in [-0.2, -0.15) is 5.06 Å². The Balaban J connectivity index is 1.90. The Bertz CT molecular complexity index is 525. The molecule has 3 nitrogen and oxygen atoms in total. The summed E-state index contributed by atoms with van der Waals surface area (Å²) in [5.74, 6) is 1.56. The standard InChI is InChI=1S/C14H13NO2/c1-11-7-8-13-14(9-11)17-15(10-16-13)12-5-3-2-4-6-12/h2-9H,10H2,1H3. The Morgan fingerprint density at radius 1 is 1.00 bits per heavy atom. The first-order chi connectivity index (χ1) is 8.33. The van der Waals surface area contributed by atoms with Crippen molar-refractivity contribution in [3.8, 4) is 11.5 Å². The molecule has 0 atom stereocenters. The van der Waals surface area contributed by atoms with Crippen LogP contribution in [0.3, 0.4) is 0 Å². The van der Waals surface area contributed by atoms with Crippen molar-refractivity contribution in [2.24, 2.45) is 0 Å². The number of rotatable bonds is 1. The SMILES string of the molecule is Cc1ccc2c(c1)ON(c1ccccc1)CO2. The lowest BCUT2D eigenvalue weighted by Gasteiger charge is -2.29. The number of hydrogen-bond donors (Lipinski definition) is 0. The van der Waals surface area contributed by atoms with E-state index in [1.165, 1.54) is 0 Å². The Morgan fingerprint density at radius 3 is 2.65 bits per heavy atom. The molecular weight excluding hydrogens is 214 g/mol. The van der Waals surface area contributed by atoms with E-state index in [1.54, 1.807) is 5.06 Å². The van der Waals surface area contributed by atoms with Crippen molar-refractivity contribution < 1.29 is 9.57 Å². The second-order valence-electron chi connectivity index (χ2n) is 4.03. The van der Waals surface area contributed by atoms with Gasteiger partial charge in [0.15, 0.2) is 18.2 Å². The summed E-state index contributed by atoms with van der Waals surface area (Å²) in [5, 5.41) is 1.74. The van der Waals surface area contributed by atoms with E-state index in [0.29, 0.717) is 6.73 Å². The number of nitrogens with zero attached hydrogens (tertiary/aromatic N) is 1. The summed E-state index contributed by atoms with van der Waals surface area (Å²) in [6.45, 7) is 2.44. The van der Waals surface area contributed by atoms with Gasteiger partial charge in [0.05, 0.1) is 5.69 Å². The Hall–Kier alpha value is -2.16. The van der Waals surface area contributed by atoms with E-state index in [1.807, 2.05) is 55.5 Å².